The molecule has 0 saturated carbocycles. The molecule has 0 bridgehead atoms. The van der Waals surface area contributed by atoms with Crippen molar-refractivity contribution in [3.05, 3.63) is 47.4 Å². The molecule has 1 aromatic carbocycles. The van der Waals surface area contributed by atoms with Gasteiger partial charge in [-0.05, 0) is 43.2 Å². The maximum atomic E-state index is 12.3. The van der Waals surface area contributed by atoms with Crippen molar-refractivity contribution in [2.24, 2.45) is 0 Å². The highest BCUT2D eigenvalue weighted by atomic mass is 32.2. The number of thioether (sulfide) groups is 1. The van der Waals surface area contributed by atoms with E-state index < -0.39 is 0 Å². The van der Waals surface area contributed by atoms with E-state index >= 15 is 0 Å². The lowest BCUT2D eigenvalue weighted by Crippen LogP contribution is -2.13. The summed E-state index contributed by atoms with van der Waals surface area (Å²) >= 11 is 4.24. The van der Waals surface area contributed by atoms with Gasteiger partial charge in [0.2, 0.25) is 11.0 Å². The van der Waals surface area contributed by atoms with E-state index in [0.717, 1.165) is 25.9 Å². The smallest absolute Gasteiger partial charge is 0.236 e. The van der Waals surface area contributed by atoms with Crippen LogP contribution >= 0.6 is 34.4 Å². The van der Waals surface area contributed by atoms with Crippen LogP contribution in [0.15, 0.2) is 39.3 Å². The SMILES string of the molecule is Cc1cc(C)c2nc(NC(=O)CSc3nnc(NCc4ccco4)s3)sc2c1. The molecule has 0 atom stereocenters. The number of nitrogens with zero attached hydrogens (tertiary/aromatic N) is 3. The fourth-order valence-electron chi connectivity index (χ4n) is 2.62. The quantitative estimate of drug-likeness (QED) is 0.410. The van der Waals surface area contributed by atoms with Crippen molar-refractivity contribution in [1.82, 2.24) is 15.2 Å². The Morgan fingerprint density at radius 2 is 2.11 bits per heavy atom. The zero-order valence-electron chi connectivity index (χ0n) is 15.2. The minimum Gasteiger partial charge on any atom is -0.467 e. The van der Waals surface area contributed by atoms with Crippen molar-refractivity contribution in [2.75, 3.05) is 16.4 Å². The fraction of sp³-hybridized carbons (Fsp3) is 0.222. The Bertz CT molecular complexity index is 1100. The van der Waals surface area contributed by atoms with Crippen LogP contribution in [0.3, 0.4) is 0 Å². The Hall–Kier alpha value is -2.43. The minimum absolute atomic E-state index is 0.112. The third-order valence-corrected chi connectivity index (χ3v) is 6.74. The fourth-order valence-corrected chi connectivity index (χ4v) is 5.23. The Balaban J connectivity index is 1.30. The first-order valence-electron chi connectivity index (χ1n) is 8.47. The lowest BCUT2D eigenvalue weighted by Gasteiger charge is -1.99. The van der Waals surface area contributed by atoms with Crippen LogP contribution in [0.1, 0.15) is 16.9 Å². The first-order chi connectivity index (χ1) is 13.6. The number of fused-ring (bicyclic) bond motifs is 1. The topological polar surface area (TPSA) is 92.9 Å². The number of benzene rings is 1. The number of nitrogens with one attached hydrogen (secondary N) is 2. The van der Waals surface area contributed by atoms with Gasteiger partial charge in [-0.15, -0.1) is 10.2 Å². The van der Waals surface area contributed by atoms with Crippen molar-refractivity contribution < 1.29 is 9.21 Å². The summed E-state index contributed by atoms with van der Waals surface area (Å²) in [7, 11) is 0. The third-order valence-electron chi connectivity index (χ3n) is 3.80. The second-order valence-corrected chi connectivity index (χ2v) is 9.32. The van der Waals surface area contributed by atoms with Gasteiger partial charge in [0.25, 0.3) is 0 Å². The van der Waals surface area contributed by atoms with Gasteiger partial charge >= 0.3 is 0 Å². The molecule has 0 radical (unpaired) electrons. The van der Waals surface area contributed by atoms with E-state index in [9.17, 15) is 4.79 Å². The molecule has 28 heavy (non-hydrogen) atoms. The molecule has 0 aliphatic carbocycles. The van der Waals surface area contributed by atoms with Gasteiger partial charge in [0, 0.05) is 0 Å². The monoisotopic (exact) mass is 431 g/mol. The zero-order valence-corrected chi connectivity index (χ0v) is 17.6. The van der Waals surface area contributed by atoms with Crippen LogP contribution < -0.4 is 10.6 Å². The molecule has 0 saturated heterocycles. The van der Waals surface area contributed by atoms with Crippen molar-refractivity contribution in [1.29, 1.82) is 0 Å². The number of furan rings is 1. The lowest BCUT2D eigenvalue weighted by atomic mass is 10.1. The predicted octanol–water partition coefficient (Wildman–Crippen LogP) is 4.70. The van der Waals surface area contributed by atoms with Gasteiger partial charge in [-0.3, -0.25) is 4.79 Å². The molecule has 10 heteroatoms. The van der Waals surface area contributed by atoms with Gasteiger partial charge in [-0.25, -0.2) is 4.98 Å². The number of hydrogen-bond acceptors (Lipinski definition) is 9. The van der Waals surface area contributed by atoms with E-state index in [4.69, 9.17) is 4.42 Å². The van der Waals surface area contributed by atoms with Crippen LogP contribution in [0, 0.1) is 13.8 Å². The summed E-state index contributed by atoms with van der Waals surface area (Å²) < 4.78 is 7.07. The average Bonchev–Trinajstić information content (AvgIpc) is 3.39. The molecule has 3 aromatic heterocycles. The maximum absolute atomic E-state index is 12.3. The normalized spacial score (nSPS) is 11.1. The Morgan fingerprint density at radius 3 is 2.93 bits per heavy atom. The predicted molar refractivity (Wildman–Crippen MR) is 114 cm³/mol. The van der Waals surface area contributed by atoms with Crippen LogP contribution in [-0.4, -0.2) is 26.8 Å². The number of carbonyl (C=O) groups is 1. The molecule has 144 valence electrons. The van der Waals surface area contributed by atoms with Gasteiger partial charge in [0.15, 0.2) is 9.47 Å². The second kappa shape index (κ2) is 8.29. The first kappa shape index (κ1) is 18.9. The highest BCUT2D eigenvalue weighted by Gasteiger charge is 2.12. The van der Waals surface area contributed by atoms with E-state index in [2.05, 4.69) is 44.9 Å². The molecule has 3 heterocycles. The number of aryl methyl sites for hydroxylation is 2. The van der Waals surface area contributed by atoms with Gasteiger partial charge in [0.05, 0.1) is 28.8 Å². The number of aromatic nitrogens is 3. The molecule has 0 spiro atoms. The van der Waals surface area contributed by atoms with E-state index in [1.54, 1.807) is 6.26 Å². The van der Waals surface area contributed by atoms with Crippen molar-refractivity contribution >= 4 is 60.8 Å². The molecular weight excluding hydrogens is 414 g/mol. The van der Waals surface area contributed by atoms with Crippen molar-refractivity contribution in [2.45, 2.75) is 24.7 Å². The Kier molecular flexibility index (Phi) is 5.60. The van der Waals surface area contributed by atoms with Gasteiger partial charge < -0.3 is 15.1 Å². The minimum atomic E-state index is -0.112. The van der Waals surface area contributed by atoms with Crippen molar-refractivity contribution in [3.63, 3.8) is 0 Å². The van der Waals surface area contributed by atoms with Crippen LogP contribution in [0.2, 0.25) is 0 Å². The highest BCUT2D eigenvalue weighted by Crippen LogP contribution is 2.30. The first-order valence-corrected chi connectivity index (χ1v) is 11.1. The van der Waals surface area contributed by atoms with Gasteiger partial charge in [-0.2, -0.15) is 0 Å². The number of hydrogen-bond donors (Lipinski definition) is 2. The van der Waals surface area contributed by atoms with E-state index in [-0.39, 0.29) is 11.7 Å². The van der Waals surface area contributed by atoms with Crippen LogP contribution in [-0.2, 0) is 11.3 Å². The molecule has 7 nitrogen and oxygen atoms in total. The molecule has 0 aliphatic rings. The molecule has 2 N–H and O–H groups in total. The van der Waals surface area contributed by atoms with Gasteiger partial charge in [-0.1, -0.05) is 40.5 Å². The van der Waals surface area contributed by atoms with E-state index in [1.807, 2.05) is 19.1 Å². The molecule has 0 unspecified atom stereocenters. The summed E-state index contributed by atoms with van der Waals surface area (Å²) in [4.78, 5) is 16.8. The summed E-state index contributed by atoms with van der Waals surface area (Å²) in [6, 6.07) is 7.91. The maximum Gasteiger partial charge on any atom is 0.236 e. The van der Waals surface area contributed by atoms with E-state index in [1.165, 1.54) is 40.0 Å². The Morgan fingerprint density at radius 1 is 1.21 bits per heavy atom. The molecule has 0 fully saturated rings. The number of carbonyl (C=O) groups excluding carboxylic acids is 1. The van der Waals surface area contributed by atoms with Crippen LogP contribution in [0.5, 0.6) is 0 Å². The average molecular weight is 432 g/mol. The third kappa shape index (κ3) is 4.51. The standard InChI is InChI=1S/C18H17N5O2S3/c1-10-6-11(2)15-13(7-10)27-17(21-15)20-14(24)9-26-18-23-22-16(28-18)19-8-12-4-3-5-25-12/h3-7H,8-9H2,1-2H3,(H,19,22)(H,20,21,24). The largest absolute Gasteiger partial charge is 0.467 e. The van der Waals surface area contributed by atoms with Crippen LogP contribution in [0.4, 0.5) is 10.3 Å². The summed E-state index contributed by atoms with van der Waals surface area (Å²) in [5, 5.41) is 15.5. The highest BCUT2D eigenvalue weighted by molar-refractivity contribution is 8.01. The Labute approximate surface area is 173 Å². The summed E-state index contributed by atoms with van der Waals surface area (Å²) in [5.41, 5.74) is 3.24. The lowest BCUT2D eigenvalue weighted by molar-refractivity contribution is -0.113. The molecule has 4 aromatic rings. The number of anilines is 2. The molecule has 0 aliphatic heterocycles. The van der Waals surface area contributed by atoms with Crippen molar-refractivity contribution in [3.8, 4) is 0 Å². The number of amides is 1. The molecule has 1 amide bonds. The van der Waals surface area contributed by atoms with E-state index in [0.29, 0.717) is 16.8 Å². The number of thiazole rings is 1. The number of rotatable bonds is 7. The summed E-state index contributed by atoms with van der Waals surface area (Å²) in [6.45, 7) is 4.63. The molecular formula is C18H17N5O2S3. The van der Waals surface area contributed by atoms with Gasteiger partial charge in [0.1, 0.15) is 5.76 Å². The summed E-state index contributed by atoms with van der Waals surface area (Å²) in [5.74, 6) is 0.963. The second-order valence-electron chi connectivity index (χ2n) is 6.09. The molecule has 4 rings (SSSR count). The zero-order chi connectivity index (χ0) is 19.5. The van der Waals surface area contributed by atoms with Crippen LogP contribution in [0.25, 0.3) is 10.2 Å². The summed E-state index contributed by atoms with van der Waals surface area (Å²) in [6.07, 6.45) is 1.63.